The van der Waals surface area contributed by atoms with Crippen LogP contribution in [0.3, 0.4) is 0 Å². The molecule has 0 radical (unpaired) electrons. The van der Waals surface area contributed by atoms with E-state index in [1.807, 2.05) is 13.8 Å². The molecule has 0 unspecified atom stereocenters. The van der Waals surface area contributed by atoms with Crippen LogP contribution in [-0.2, 0) is 49.6 Å². The molecular weight excluding hydrogens is 596 g/mol. The van der Waals surface area contributed by atoms with E-state index in [4.69, 9.17) is 13.7 Å². The van der Waals surface area contributed by atoms with E-state index in [-0.39, 0.29) is 37.9 Å². The molecule has 0 bridgehead atoms. The summed E-state index contributed by atoms with van der Waals surface area (Å²) in [6, 6.07) is 5.36. The maximum Gasteiger partial charge on any atom is 0.408 e. The highest BCUT2D eigenvalue weighted by atomic mass is 32.2. The fraction of sp³-hybridized carbons (Fsp3) is 0.552. The molecule has 2 rings (SSSR count). The van der Waals surface area contributed by atoms with E-state index in [0.717, 1.165) is 6.26 Å². The first-order valence-electron chi connectivity index (χ1n) is 14.3. The number of ether oxygens (including phenoxy) is 2. The van der Waals surface area contributed by atoms with E-state index in [1.165, 1.54) is 12.2 Å². The van der Waals surface area contributed by atoms with E-state index in [0.29, 0.717) is 18.5 Å². The van der Waals surface area contributed by atoms with Gasteiger partial charge in [-0.25, -0.2) is 9.59 Å². The standard InChI is InChI=1S/C29H42N4O10S/c1-5-41-25(34)12-11-22(16-21-13-14-30-26(21)35)31-27(36)23(15-19(2)3)32-28(37)24(18-43-44(4,39)40)33-29(38)42-17-20-9-7-6-8-10-20/h6-12,19,21-24H,5,13-18H2,1-4H3,(H,30,35)(H,31,36)(H,32,37)(H,33,38)/t21-,22+,23-,24-/m0/s1. The summed E-state index contributed by atoms with van der Waals surface area (Å²) in [5, 5.41) is 10.4. The summed E-state index contributed by atoms with van der Waals surface area (Å²) in [5.41, 5.74) is 0.686. The van der Waals surface area contributed by atoms with Crippen molar-refractivity contribution in [3.05, 3.63) is 48.0 Å². The Morgan fingerprint density at radius 2 is 1.70 bits per heavy atom. The van der Waals surface area contributed by atoms with Crippen molar-refractivity contribution in [2.45, 2.75) is 64.8 Å². The molecule has 1 aromatic carbocycles. The lowest BCUT2D eigenvalue weighted by atomic mass is 9.97. The maximum absolute atomic E-state index is 13.5. The van der Waals surface area contributed by atoms with Gasteiger partial charge in [0.2, 0.25) is 17.7 Å². The van der Waals surface area contributed by atoms with E-state index in [2.05, 4.69) is 21.3 Å². The number of rotatable bonds is 17. The van der Waals surface area contributed by atoms with Crippen molar-refractivity contribution >= 4 is 39.9 Å². The summed E-state index contributed by atoms with van der Waals surface area (Å²) in [5.74, 6) is -2.75. The van der Waals surface area contributed by atoms with Crippen LogP contribution in [0.15, 0.2) is 42.5 Å². The average Bonchev–Trinajstić information content (AvgIpc) is 3.36. The van der Waals surface area contributed by atoms with E-state index in [9.17, 15) is 32.4 Å². The van der Waals surface area contributed by atoms with E-state index < -0.39 is 64.6 Å². The van der Waals surface area contributed by atoms with E-state index in [1.54, 1.807) is 37.3 Å². The van der Waals surface area contributed by atoms with Crippen molar-refractivity contribution < 1.29 is 46.0 Å². The van der Waals surface area contributed by atoms with Crippen LogP contribution in [0.25, 0.3) is 0 Å². The van der Waals surface area contributed by atoms with Gasteiger partial charge in [-0.2, -0.15) is 8.42 Å². The molecule has 4 amide bonds. The predicted octanol–water partition coefficient (Wildman–Crippen LogP) is 0.919. The summed E-state index contributed by atoms with van der Waals surface area (Å²) in [6.45, 7) is 5.11. The number of carbonyl (C=O) groups excluding carboxylic acids is 5. The third kappa shape index (κ3) is 14.0. The first kappa shape index (κ1) is 36.2. The maximum atomic E-state index is 13.5. The second kappa shape index (κ2) is 18.0. The van der Waals surface area contributed by atoms with Gasteiger partial charge in [0.1, 0.15) is 18.7 Å². The lowest BCUT2D eigenvalue weighted by molar-refractivity contribution is -0.137. The Balaban J connectivity index is 2.18. The minimum atomic E-state index is -3.99. The minimum Gasteiger partial charge on any atom is -0.463 e. The largest absolute Gasteiger partial charge is 0.463 e. The molecule has 0 spiro atoms. The Morgan fingerprint density at radius 3 is 2.30 bits per heavy atom. The van der Waals surface area contributed by atoms with Crippen molar-refractivity contribution in [3.63, 3.8) is 0 Å². The van der Waals surface area contributed by atoms with Gasteiger partial charge in [-0.1, -0.05) is 50.3 Å². The molecule has 0 saturated carbocycles. The highest BCUT2D eigenvalue weighted by Gasteiger charge is 2.32. The summed E-state index contributed by atoms with van der Waals surface area (Å²) in [7, 11) is -3.99. The summed E-state index contributed by atoms with van der Waals surface area (Å²) in [6.07, 6.45) is 3.32. The number of alkyl carbamates (subject to hydrolysis) is 1. The second-order valence-corrected chi connectivity index (χ2v) is 12.3. The van der Waals surface area contributed by atoms with E-state index >= 15 is 0 Å². The third-order valence-electron chi connectivity index (χ3n) is 6.39. The molecule has 1 saturated heterocycles. The molecule has 1 aromatic rings. The molecule has 1 aliphatic rings. The fourth-order valence-electron chi connectivity index (χ4n) is 4.29. The van der Waals surface area contributed by atoms with Crippen molar-refractivity contribution in [1.82, 2.24) is 21.3 Å². The summed E-state index contributed by atoms with van der Waals surface area (Å²) >= 11 is 0. The van der Waals surface area contributed by atoms with Crippen LogP contribution in [0.1, 0.15) is 45.6 Å². The molecule has 4 N–H and O–H groups in total. The third-order valence-corrected chi connectivity index (χ3v) is 6.95. The highest BCUT2D eigenvalue weighted by molar-refractivity contribution is 7.85. The quantitative estimate of drug-likeness (QED) is 0.108. The Hall–Kier alpha value is -3.98. The van der Waals surface area contributed by atoms with Crippen LogP contribution in [-0.4, -0.2) is 82.3 Å². The summed E-state index contributed by atoms with van der Waals surface area (Å²) < 4.78 is 38.1. The smallest absolute Gasteiger partial charge is 0.408 e. The number of carbonyl (C=O) groups is 5. The lowest BCUT2D eigenvalue weighted by Gasteiger charge is -2.26. The average molecular weight is 639 g/mol. The van der Waals surface area contributed by atoms with Crippen molar-refractivity contribution in [1.29, 1.82) is 0 Å². The zero-order valence-corrected chi connectivity index (χ0v) is 26.2. The molecule has 1 heterocycles. The molecular formula is C29H42N4O10S. The highest BCUT2D eigenvalue weighted by Crippen LogP contribution is 2.17. The van der Waals surface area contributed by atoms with Gasteiger partial charge in [-0.3, -0.25) is 18.6 Å². The Bertz CT molecular complexity index is 1270. The summed E-state index contributed by atoms with van der Waals surface area (Å²) in [4.78, 5) is 63.4. The normalized spacial score (nSPS) is 16.9. The topological polar surface area (TPSA) is 195 Å². The molecule has 4 atom stereocenters. The zero-order valence-electron chi connectivity index (χ0n) is 25.4. The van der Waals surface area contributed by atoms with Gasteiger partial charge in [0, 0.05) is 24.6 Å². The first-order valence-corrected chi connectivity index (χ1v) is 16.1. The van der Waals surface area contributed by atoms with Crippen LogP contribution in [0.4, 0.5) is 4.79 Å². The molecule has 44 heavy (non-hydrogen) atoms. The van der Waals surface area contributed by atoms with Crippen LogP contribution in [0.5, 0.6) is 0 Å². The van der Waals surface area contributed by atoms with Crippen LogP contribution >= 0.6 is 0 Å². The van der Waals surface area contributed by atoms with Gasteiger partial charge in [-0.05, 0) is 37.7 Å². The number of benzene rings is 1. The molecule has 244 valence electrons. The second-order valence-electron chi connectivity index (χ2n) is 10.7. The number of hydrogen-bond acceptors (Lipinski definition) is 10. The molecule has 14 nitrogen and oxygen atoms in total. The fourth-order valence-corrected chi connectivity index (χ4v) is 4.67. The Morgan fingerprint density at radius 1 is 1.02 bits per heavy atom. The monoisotopic (exact) mass is 638 g/mol. The number of nitrogens with one attached hydrogen (secondary N) is 4. The SMILES string of the molecule is CCOC(=O)C=C[C@H](C[C@@H]1CCNC1=O)NC(=O)[C@H](CC(C)C)NC(=O)[C@H](COS(C)(=O)=O)NC(=O)OCc1ccccc1. The van der Waals surface area contributed by atoms with Gasteiger partial charge >= 0.3 is 12.1 Å². The minimum absolute atomic E-state index is 0.0744. The molecule has 1 aliphatic heterocycles. The van der Waals surface area contributed by atoms with Gasteiger partial charge in [0.25, 0.3) is 10.1 Å². The van der Waals surface area contributed by atoms with Gasteiger partial charge in [0.15, 0.2) is 0 Å². The molecule has 0 aromatic heterocycles. The van der Waals surface area contributed by atoms with Crippen molar-refractivity contribution in [2.75, 3.05) is 26.0 Å². The lowest BCUT2D eigenvalue weighted by Crippen LogP contribution is -2.56. The Labute approximate surface area is 257 Å². The molecule has 0 aliphatic carbocycles. The number of hydrogen-bond donors (Lipinski definition) is 4. The first-order chi connectivity index (χ1) is 20.8. The zero-order chi connectivity index (χ0) is 32.7. The molecule has 15 heteroatoms. The van der Waals surface area contributed by atoms with Crippen molar-refractivity contribution in [3.8, 4) is 0 Å². The van der Waals surface area contributed by atoms with Crippen LogP contribution < -0.4 is 21.3 Å². The van der Waals surface area contributed by atoms with Gasteiger partial charge in [-0.15, -0.1) is 0 Å². The predicted molar refractivity (Wildman–Crippen MR) is 159 cm³/mol. The van der Waals surface area contributed by atoms with Crippen LogP contribution in [0.2, 0.25) is 0 Å². The Kier molecular flexibility index (Phi) is 14.8. The van der Waals surface area contributed by atoms with Crippen molar-refractivity contribution in [2.24, 2.45) is 11.8 Å². The van der Waals surface area contributed by atoms with Crippen LogP contribution in [0, 0.1) is 11.8 Å². The molecule has 1 fully saturated rings. The van der Waals surface area contributed by atoms with Gasteiger partial charge in [0.05, 0.1) is 19.5 Å². The number of esters is 1. The number of amides is 4. The van der Waals surface area contributed by atoms with Gasteiger partial charge < -0.3 is 30.7 Å².